The summed E-state index contributed by atoms with van der Waals surface area (Å²) in [6, 6.07) is 15.3. The number of anilines is 1. The lowest BCUT2D eigenvalue weighted by atomic mass is 9.69. The molecule has 196 valence electrons. The maximum Gasteiger partial charge on any atom is 0.415 e. The SMILES string of the molecule is CCOC(=O)N1C(C)=CC=NC1C1(C)C(C)=CC(Cl)(c2ccccc2Cl)C=C1Nc1nc2ccccc2o1. The number of aromatic nitrogens is 1. The Bertz CT molecular complexity index is 1490. The van der Waals surface area contributed by atoms with E-state index in [1.807, 2.05) is 81.5 Å². The third kappa shape index (κ3) is 4.40. The molecule has 3 aromatic rings. The number of ether oxygens (including phenoxy) is 1. The monoisotopic (exact) mass is 550 g/mol. The lowest BCUT2D eigenvalue weighted by molar-refractivity contribution is 0.0861. The van der Waals surface area contributed by atoms with Crippen molar-refractivity contribution in [1.29, 1.82) is 0 Å². The van der Waals surface area contributed by atoms with Gasteiger partial charge in [0.05, 0.1) is 12.0 Å². The van der Waals surface area contributed by atoms with Crippen LogP contribution in [0.2, 0.25) is 5.02 Å². The zero-order valence-electron chi connectivity index (χ0n) is 21.5. The molecule has 1 aliphatic carbocycles. The van der Waals surface area contributed by atoms with E-state index < -0.39 is 22.5 Å². The summed E-state index contributed by atoms with van der Waals surface area (Å²) in [4.78, 5) is 23.0. The number of amides is 1. The molecule has 9 heteroatoms. The number of nitrogens with one attached hydrogen (secondary N) is 1. The second-order valence-corrected chi connectivity index (χ2v) is 10.5. The van der Waals surface area contributed by atoms with Crippen LogP contribution < -0.4 is 5.32 Å². The lowest BCUT2D eigenvalue weighted by Crippen LogP contribution is -2.52. The summed E-state index contributed by atoms with van der Waals surface area (Å²) in [5.74, 6) is 0. The Morgan fingerprint density at radius 3 is 2.63 bits per heavy atom. The van der Waals surface area contributed by atoms with Gasteiger partial charge in [0.15, 0.2) is 5.58 Å². The van der Waals surface area contributed by atoms with Crippen LogP contribution in [0.3, 0.4) is 0 Å². The highest BCUT2D eigenvalue weighted by atomic mass is 35.5. The smallest absolute Gasteiger partial charge is 0.415 e. The number of fused-ring (bicyclic) bond motifs is 1. The van der Waals surface area contributed by atoms with Crippen LogP contribution in [-0.2, 0) is 9.61 Å². The average Bonchev–Trinajstić information content (AvgIpc) is 3.29. The van der Waals surface area contributed by atoms with E-state index in [0.717, 1.165) is 11.1 Å². The molecule has 1 N–H and O–H groups in total. The molecule has 0 spiro atoms. The summed E-state index contributed by atoms with van der Waals surface area (Å²) in [5, 5.41) is 3.92. The first-order valence-corrected chi connectivity index (χ1v) is 13.1. The molecular formula is C29H28Cl2N4O3. The Morgan fingerprint density at radius 1 is 1.16 bits per heavy atom. The Hall–Kier alpha value is -3.55. The minimum Gasteiger partial charge on any atom is -0.449 e. The second kappa shape index (κ2) is 9.97. The highest BCUT2D eigenvalue weighted by Crippen LogP contribution is 2.52. The van der Waals surface area contributed by atoms with Crippen LogP contribution in [0.4, 0.5) is 10.8 Å². The molecule has 0 radical (unpaired) electrons. The van der Waals surface area contributed by atoms with Gasteiger partial charge in [0.1, 0.15) is 16.6 Å². The largest absolute Gasteiger partial charge is 0.449 e. The summed E-state index contributed by atoms with van der Waals surface area (Å²) < 4.78 is 11.4. The standard InChI is InChI=1S/C29H28Cl2N4O3/c1-5-37-27(36)35-19(3)14-15-32-25(35)28(4)18(2)16-29(31,20-10-6-7-11-21(20)30)17-24(28)34-26-33-22-12-8-9-13-23(22)38-26/h6-17,25H,5H2,1-4H3,(H,33,34). The highest BCUT2D eigenvalue weighted by molar-refractivity contribution is 6.34. The summed E-state index contributed by atoms with van der Waals surface area (Å²) in [7, 11) is 0. The van der Waals surface area contributed by atoms with Gasteiger partial charge in [-0.05, 0) is 63.6 Å². The van der Waals surface area contributed by atoms with E-state index in [9.17, 15) is 4.79 Å². The zero-order valence-corrected chi connectivity index (χ0v) is 23.0. The zero-order chi connectivity index (χ0) is 27.1. The van der Waals surface area contributed by atoms with Gasteiger partial charge in [-0.15, -0.1) is 11.6 Å². The molecule has 7 nitrogen and oxygen atoms in total. The van der Waals surface area contributed by atoms with Crippen molar-refractivity contribution in [3.63, 3.8) is 0 Å². The van der Waals surface area contributed by atoms with Crippen LogP contribution in [-0.4, -0.2) is 35.0 Å². The Balaban J connectivity index is 1.67. The summed E-state index contributed by atoms with van der Waals surface area (Å²) in [5.41, 5.74) is 3.47. The van der Waals surface area contributed by atoms with Gasteiger partial charge in [0.25, 0.3) is 6.01 Å². The maximum absolute atomic E-state index is 13.1. The molecule has 0 saturated carbocycles. The van der Waals surface area contributed by atoms with Crippen LogP contribution in [0, 0.1) is 5.41 Å². The van der Waals surface area contributed by atoms with Gasteiger partial charge >= 0.3 is 6.09 Å². The number of carbonyl (C=O) groups excluding carboxylic acids is 1. The molecule has 5 rings (SSSR count). The number of para-hydroxylation sites is 2. The quantitative estimate of drug-likeness (QED) is 0.260. The number of allylic oxidation sites excluding steroid dienone is 4. The molecule has 1 aromatic heterocycles. The van der Waals surface area contributed by atoms with Gasteiger partial charge < -0.3 is 14.5 Å². The molecule has 38 heavy (non-hydrogen) atoms. The summed E-state index contributed by atoms with van der Waals surface area (Å²) in [6.45, 7) is 7.86. The number of carbonyl (C=O) groups is 1. The molecule has 2 aromatic carbocycles. The first-order valence-electron chi connectivity index (χ1n) is 12.3. The highest BCUT2D eigenvalue weighted by Gasteiger charge is 2.50. The molecular weight excluding hydrogens is 523 g/mol. The van der Waals surface area contributed by atoms with E-state index in [1.54, 1.807) is 24.1 Å². The Kier molecular flexibility index (Phi) is 6.84. The number of alkyl halides is 1. The Morgan fingerprint density at radius 2 is 1.89 bits per heavy atom. The van der Waals surface area contributed by atoms with Crippen molar-refractivity contribution < 1.29 is 13.9 Å². The van der Waals surface area contributed by atoms with Crippen LogP contribution >= 0.6 is 23.2 Å². The molecule has 0 saturated heterocycles. The van der Waals surface area contributed by atoms with E-state index >= 15 is 0 Å². The third-order valence-corrected chi connectivity index (χ3v) is 7.88. The third-order valence-electron chi connectivity index (χ3n) is 7.13. The molecule has 1 aliphatic heterocycles. The molecule has 2 heterocycles. The van der Waals surface area contributed by atoms with Gasteiger partial charge in [0, 0.05) is 22.6 Å². The number of halogens is 2. The topological polar surface area (TPSA) is 80.0 Å². The maximum atomic E-state index is 13.1. The second-order valence-electron chi connectivity index (χ2n) is 9.50. The van der Waals surface area contributed by atoms with Gasteiger partial charge in [-0.25, -0.2) is 4.79 Å². The molecule has 1 amide bonds. The van der Waals surface area contributed by atoms with Crippen molar-refractivity contribution in [2.75, 3.05) is 11.9 Å². The number of nitrogens with zero attached hydrogens (tertiary/aromatic N) is 3. The first kappa shape index (κ1) is 26.1. The van der Waals surface area contributed by atoms with Crippen molar-refractivity contribution in [3.05, 3.63) is 94.3 Å². The summed E-state index contributed by atoms with van der Waals surface area (Å²) in [6.07, 6.45) is 6.20. The van der Waals surface area contributed by atoms with Crippen LogP contribution in [0.15, 0.2) is 93.1 Å². The van der Waals surface area contributed by atoms with Crippen molar-refractivity contribution >= 4 is 52.6 Å². The van der Waals surface area contributed by atoms with Crippen molar-refractivity contribution in [3.8, 4) is 0 Å². The van der Waals surface area contributed by atoms with E-state index in [1.165, 1.54) is 0 Å². The number of hydrogen-bond donors (Lipinski definition) is 1. The van der Waals surface area contributed by atoms with Crippen LogP contribution in [0.25, 0.3) is 11.1 Å². The Labute approximate surface area is 231 Å². The molecule has 0 bridgehead atoms. The molecule has 2 aliphatic rings. The van der Waals surface area contributed by atoms with E-state index in [4.69, 9.17) is 37.3 Å². The number of benzene rings is 2. The van der Waals surface area contributed by atoms with Crippen LogP contribution in [0.1, 0.15) is 33.3 Å². The van der Waals surface area contributed by atoms with Crippen molar-refractivity contribution in [1.82, 2.24) is 9.88 Å². The minimum absolute atomic E-state index is 0.242. The molecule has 0 fully saturated rings. The van der Waals surface area contributed by atoms with Gasteiger partial charge in [-0.2, -0.15) is 4.98 Å². The van der Waals surface area contributed by atoms with E-state index in [-0.39, 0.29) is 6.61 Å². The van der Waals surface area contributed by atoms with Crippen molar-refractivity contribution in [2.24, 2.45) is 10.4 Å². The number of rotatable bonds is 5. The lowest BCUT2D eigenvalue weighted by Gasteiger charge is -2.47. The molecule has 3 unspecified atom stereocenters. The number of aliphatic imine (C=N–C) groups is 1. The fourth-order valence-corrected chi connectivity index (χ4v) is 5.75. The number of oxazole rings is 1. The number of hydrogen-bond acceptors (Lipinski definition) is 6. The minimum atomic E-state index is -1.08. The van der Waals surface area contributed by atoms with Crippen molar-refractivity contribution in [2.45, 2.75) is 38.7 Å². The average molecular weight is 551 g/mol. The van der Waals surface area contributed by atoms with Crippen LogP contribution in [0.5, 0.6) is 0 Å². The van der Waals surface area contributed by atoms with Gasteiger partial charge in [-0.1, -0.05) is 53.6 Å². The van der Waals surface area contributed by atoms with E-state index in [2.05, 4.69) is 10.3 Å². The fourth-order valence-electron chi connectivity index (χ4n) is 4.97. The van der Waals surface area contributed by atoms with Gasteiger partial charge in [0.2, 0.25) is 0 Å². The predicted molar refractivity (Wildman–Crippen MR) is 151 cm³/mol. The van der Waals surface area contributed by atoms with E-state index in [0.29, 0.717) is 33.5 Å². The normalized spacial score (nSPS) is 25.1. The molecule has 3 atom stereocenters. The van der Waals surface area contributed by atoms with Gasteiger partial charge in [-0.3, -0.25) is 9.89 Å². The fraction of sp³-hybridized carbons (Fsp3) is 0.276. The first-order chi connectivity index (χ1) is 18.2. The summed E-state index contributed by atoms with van der Waals surface area (Å²) >= 11 is 13.9. The predicted octanol–water partition coefficient (Wildman–Crippen LogP) is 7.65.